The van der Waals surface area contributed by atoms with Crippen LogP contribution in [-0.2, 0) is 14.3 Å². The Kier molecular flexibility index (Phi) is 3.69. The number of unbranched alkanes of at least 4 members (excludes halogenated alkanes) is 1. The molecule has 2 aliphatic carbocycles. The maximum Gasteiger partial charge on any atom is 0.310 e. The lowest BCUT2D eigenvalue weighted by Crippen LogP contribution is -2.35. The van der Waals surface area contributed by atoms with Crippen LogP contribution in [0.3, 0.4) is 0 Å². The van der Waals surface area contributed by atoms with Gasteiger partial charge in [-0.05, 0) is 37.5 Å². The van der Waals surface area contributed by atoms with Gasteiger partial charge in [0.15, 0.2) is 0 Å². The Morgan fingerprint density at radius 2 is 1.88 bits per heavy atom. The second-order valence-electron chi connectivity index (χ2n) is 5.24. The molecule has 2 bridgehead atoms. The topological polar surface area (TPSA) is 63.6 Å². The summed E-state index contributed by atoms with van der Waals surface area (Å²) in [4.78, 5) is 23.2. The predicted molar refractivity (Wildman–Crippen MR) is 61.3 cm³/mol. The molecule has 0 spiro atoms. The second-order valence-corrected chi connectivity index (χ2v) is 5.24. The lowest BCUT2D eigenvalue weighted by Gasteiger charge is -2.26. The van der Waals surface area contributed by atoms with Crippen LogP contribution in [0.25, 0.3) is 0 Å². The van der Waals surface area contributed by atoms with E-state index in [2.05, 4.69) is 0 Å². The quantitative estimate of drug-likeness (QED) is 0.590. The van der Waals surface area contributed by atoms with Gasteiger partial charge in [0.1, 0.15) is 0 Å². The van der Waals surface area contributed by atoms with Crippen LogP contribution in [0.15, 0.2) is 0 Å². The van der Waals surface area contributed by atoms with Gasteiger partial charge in [0.2, 0.25) is 0 Å². The Morgan fingerprint density at radius 3 is 2.47 bits per heavy atom. The largest absolute Gasteiger partial charge is 0.481 e. The van der Waals surface area contributed by atoms with Gasteiger partial charge in [-0.25, -0.2) is 0 Å². The van der Waals surface area contributed by atoms with Crippen molar-refractivity contribution < 1.29 is 19.4 Å². The molecule has 0 saturated heterocycles. The third-order valence-electron chi connectivity index (χ3n) is 4.22. The first-order chi connectivity index (χ1) is 8.15. The Hall–Kier alpha value is -1.06. The van der Waals surface area contributed by atoms with E-state index in [0.717, 1.165) is 32.1 Å². The zero-order chi connectivity index (χ0) is 12.4. The van der Waals surface area contributed by atoms with Crippen LogP contribution in [0.5, 0.6) is 0 Å². The predicted octanol–water partition coefficient (Wildman–Crippen LogP) is 2.08. The van der Waals surface area contributed by atoms with Crippen molar-refractivity contribution in [2.45, 2.75) is 39.0 Å². The van der Waals surface area contributed by atoms with Crippen LogP contribution in [0.2, 0.25) is 0 Å². The molecule has 0 aromatic rings. The van der Waals surface area contributed by atoms with Crippen molar-refractivity contribution in [3.05, 3.63) is 0 Å². The molecule has 0 radical (unpaired) electrons. The molecule has 0 heterocycles. The highest BCUT2D eigenvalue weighted by molar-refractivity contribution is 5.82. The molecule has 4 nitrogen and oxygen atoms in total. The van der Waals surface area contributed by atoms with Crippen LogP contribution >= 0.6 is 0 Å². The number of ether oxygens (including phenoxy) is 1. The molecular formula is C13H20O4. The summed E-state index contributed by atoms with van der Waals surface area (Å²) in [7, 11) is 0. The van der Waals surface area contributed by atoms with Crippen molar-refractivity contribution in [3.8, 4) is 0 Å². The normalized spacial score (nSPS) is 34.9. The minimum absolute atomic E-state index is 0.196. The van der Waals surface area contributed by atoms with Crippen molar-refractivity contribution in [1.82, 2.24) is 0 Å². The minimum atomic E-state index is -0.824. The molecule has 0 amide bonds. The highest BCUT2D eigenvalue weighted by atomic mass is 16.5. The van der Waals surface area contributed by atoms with Crippen molar-refractivity contribution in [2.24, 2.45) is 23.7 Å². The Balaban J connectivity index is 1.98. The number of carboxylic acids is 1. The number of fused-ring (bicyclic) bond motifs is 2. The summed E-state index contributed by atoms with van der Waals surface area (Å²) in [5, 5.41) is 9.22. The molecule has 1 N–H and O–H groups in total. The Morgan fingerprint density at radius 1 is 1.24 bits per heavy atom. The molecule has 4 atom stereocenters. The third kappa shape index (κ3) is 2.31. The van der Waals surface area contributed by atoms with Gasteiger partial charge in [-0.1, -0.05) is 13.3 Å². The smallest absolute Gasteiger partial charge is 0.310 e. The van der Waals surface area contributed by atoms with Crippen LogP contribution in [-0.4, -0.2) is 23.7 Å². The van der Waals surface area contributed by atoms with Crippen molar-refractivity contribution in [3.63, 3.8) is 0 Å². The molecule has 0 aromatic heterocycles. The van der Waals surface area contributed by atoms with E-state index in [1.165, 1.54) is 0 Å². The van der Waals surface area contributed by atoms with Gasteiger partial charge in [0, 0.05) is 0 Å². The average Bonchev–Trinajstić information content (AvgIpc) is 2.88. The van der Waals surface area contributed by atoms with E-state index in [1.54, 1.807) is 0 Å². The number of carboxylic acid groups (broad SMARTS) is 1. The van der Waals surface area contributed by atoms with E-state index in [1.807, 2.05) is 6.92 Å². The zero-order valence-electron chi connectivity index (χ0n) is 10.2. The van der Waals surface area contributed by atoms with Crippen molar-refractivity contribution in [2.75, 3.05) is 6.61 Å². The number of carbonyl (C=O) groups excluding carboxylic acids is 1. The first kappa shape index (κ1) is 12.4. The van der Waals surface area contributed by atoms with Crippen LogP contribution in [0, 0.1) is 23.7 Å². The number of hydrogen-bond acceptors (Lipinski definition) is 3. The number of aliphatic carboxylic acids is 1. The summed E-state index contributed by atoms with van der Waals surface area (Å²) >= 11 is 0. The summed E-state index contributed by atoms with van der Waals surface area (Å²) in [5.74, 6) is -1.55. The summed E-state index contributed by atoms with van der Waals surface area (Å²) < 4.78 is 5.20. The monoisotopic (exact) mass is 240 g/mol. The molecule has 2 rings (SSSR count). The summed E-state index contributed by atoms with van der Waals surface area (Å²) in [6, 6.07) is 0. The molecule has 17 heavy (non-hydrogen) atoms. The fourth-order valence-electron chi connectivity index (χ4n) is 3.40. The lowest BCUT2D eigenvalue weighted by atomic mass is 9.79. The zero-order valence-corrected chi connectivity index (χ0v) is 10.2. The van der Waals surface area contributed by atoms with E-state index in [0.29, 0.717) is 6.61 Å². The van der Waals surface area contributed by atoms with Gasteiger partial charge < -0.3 is 9.84 Å². The number of rotatable bonds is 5. The van der Waals surface area contributed by atoms with Gasteiger partial charge in [-0.3, -0.25) is 9.59 Å². The van der Waals surface area contributed by atoms with Crippen LogP contribution < -0.4 is 0 Å². The summed E-state index contributed by atoms with van der Waals surface area (Å²) in [5.41, 5.74) is 0. The average molecular weight is 240 g/mol. The van der Waals surface area contributed by atoms with E-state index in [4.69, 9.17) is 4.74 Å². The Labute approximate surface area is 101 Å². The molecule has 96 valence electrons. The molecule has 4 heteroatoms. The lowest BCUT2D eigenvalue weighted by molar-refractivity contribution is -0.160. The second kappa shape index (κ2) is 5.07. The number of hydrogen-bond donors (Lipinski definition) is 1. The minimum Gasteiger partial charge on any atom is -0.481 e. The SMILES string of the molecule is CCCCOC(=O)C1C2CCC(C2)C1C(=O)O. The highest BCUT2D eigenvalue weighted by Gasteiger charge is 2.54. The van der Waals surface area contributed by atoms with Crippen LogP contribution in [0.1, 0.15) is 39.0 Å². The van der Waals surface area contributed by atoms with E-state index < -0.39 is 11.9 Å². The maximum atomic E-state index is 11.9. The molecule has 0 aromatic carbocycles. The summed E-state index contributed by atoms with van der Waals surface area (Å²) in [6.45, 7) is 2.46. The molecule has 2 saturated carbocycles. The Bertz CT molecular complexity index is 313. The van der Waals surface area contributed by atoms with E-state index in [9.17, 15) is 14.7 Å². The molecule has 0 aliphatic heterocycles. The fraction of sp³-hybridized carbons (Fsp3) is 0.846. The van der Waals surface area contributed by atoms with Gasteiger partial charge in [0.05, 0.1) is 18.4 Å². The standard InChI is InChI=1S/C13H20O4/c1-2-3-6-17-13(16)11-9-5-4-8(7-9)10(11)12(14)15/h8-11H,2-7H2,1H3,(H,14,15). The van der Waals surface area contributed by atoms with Crippen LogP contribution in [0.4, 0.5) is 0 Å². The van der Waals surface area contributed by atoms with Crippen molar-refractivity contribution in [1.29, 1.82) is 0 Å². The van der Waals surface area contributed by atoms with Gasteiger partial charge in [-0.15, -0.1) is 0 Å². The van der Waals surface area contributed by atoms with E-state index in [-0.39, 0.29) is 23.7 Å². The van der Waals surface area contributed by atoms with E-state index >= 15 is 0 Å². The fourth-order valence-corrected chi connectivity index (χ4v) is 3.40. The molecule has 2 fully saturated rings. The number of carbonyl (C=O) groups is 2. The van der Waals surface area contributed by atoms with Gasteiger partial charge in [0.25, 0.3) is 0 Å². The van der Waals surface area contributed by atoms with Gasteiger partial charge in [-0.2, -0.15) is 0 Å². The molecule has 2 aliphatic rings. The molecular weight excluding hydrogens is 220 g/mol. The number of esters is 1. The first-order valence-electron chi connectivity index (χ1n) is 6.54. The maximum absolute atomic E-state index is 11.9. The molecule has 4 unspecified atom stereocenters. The first-order valence-corrected chi connectivity index (χ1v) is 6.54. The van der Waals surface area contributed by atoms with Gasteiger partial charge >= 0.3 is 11.9 Å². The van der Waals surface area contributed by atoms with Crippen molar-refractivity contribution >= 4 is 11.9 Å². The third-order valence-corrected chi connectivity index (χ3v) is 4.22. The summed E-state index contributed by atoms with van der Waals surface area (Å²) in [6.07, 6.45) is 4.67. The highest BCUT2D eigenvalue weighted by Crippen LogP contribution is 2.52.